The summed E-state index contributed by atoms with van der Waals surface area (Å²) in [6.45, 7) is 0.868. The maximum atomic E-state index is 3.22. The predicted molar refractivity (Wildman–Crippen MR) is 151 cm³/mol. The molecule has 0 radical (unpaired) electrons. The van der Waals surface area contributed by atoms with Crippen molar-refractivity contribution in [1.82, 2.24) is 5.32 Å². The number of hydrogen-bond acceptors (Lipinski definition) is 1. The fourth-order valence-corrected chi connectivity index (χ4v) is 4.14. The molecule has 0 saturated carbocycles. The molecular weight excluding hydrogens is 424 g/mol. The SMILES string of the molecule is CNCc1ccc(C(=CC=CC(=C2C=CC(=[N+](C)C)C=C2)c2ccccc2)c2ccccc2)cc1. The van der Waals surface area contributed by atoms with E-state index in [9.17, 15) is 0 Å². The molecule has 0 heterocycles. The van der Waals surface area contributed by atoms with E-state index in [-0.39, 0.29) is 0 Å². The topological polar surface area (TPSA) is 15.0 Å². The first-order chi connectivity index (χ1) is 17.2. The van der Waals surface area contributed by atoms with E-state index in [1.807, 2.05) is 7.05 Å². The zero-order valence-electron chi connectivity index (χ0n) is 20.8. The van der Waals surface area contributed by atoms with Crippen LogP contribution in [0.15, 0.2) is 133 Å². The fraction of sp³-hybridized carbons (Fsp3) is 0.121. The molecule has 174 valence electrons. The van der Waals surface area contributed by atoms with Crippen LogP contribution in [0.1, 0.15) is 22.3 Å². The second-order valence-electron chi connectivity index (χ2n) is 8.75. The van der Waals surface area contributed by atoms with Crippen LogP contribution in [-0.2, 0) is 6.54 Å². The van der Waals surface area contributed by atoms with E-state index in [0.29, 0.717) is 0 Å². The molecule has 1 aliphatic carbocycles. The van der Waals surface area contributed by atoms with Crippen molar-refractivity contribution in [2.45, 2.75) is 6.54 Å². The van der Waals surface area contributed by atoms with Crippen LogP contribution in [0.5, 0.6) is 0 Å². The van der Waals surface area contributed by atoms with Gasteiger partial charge in [0.25, 0.3) is 0 Å². The van der Waals surface area contributed by atoms with Gasteiger partial charge in [-0.05, 0) is 58.2 Å². The molecule has 0 atom stereocenters. The normalized spacial score (nSPS) is 13.5. The fourth-order valence-electron chi connectivity index (χ4n) is 4.14. The van der Waals surface area contributed by atoms with E-state index in [2.05, 4.69) is 151 Å². The Balaban J connectivity index is 1.75. The number of hydrogen-bond donors (Lipinski definition) is 1. The lowest BCUT2D eigenvalue weighted by Gasteiger charge is -2.11. The van der Waals surface area contributed by atoms with Crippen molar-refractivity contribution in [3.05, 3.63) is 155 Å². The lowest BCUT2D eigenvalue weighted by Crippen LogP contribution is -2.09. The Morgan fingerprint density at radius 2 is 1.29 bits per heavy atom. The van der Waals surface area contributed by atoms with E-state index >= 15 is 0 Å². The Labute approximate surface area is 209 Å². The van der Waals surface area contributed by atoms with Crippen LogP contribution < -0.4 is 5.32 Å². The lowest BCUT2D eigenvalue weighted by molar-refractivity contribution is -0.462. The molecule has 3 aromatic carbocycles. The molecule has 0 amide bonds. The molecular formula is C33H33N2+. The predicted octanol–water partition coefficient (Wildman–Crippen LogP) is 6.69. The van der Waals surface area contributed by atoms with Gasteiger partial charge in [-0.3, -0.25) is 0 Å². The van der Waals surface area contributed by atoms with Gasteiger partial charge in [-0.2, -0.15) is 0 Å². The van der Waals surface area contributed by atoms with E-state index in [1.54, 1.807) is 0 Å². The minimum atomic E-state index is 0.868. The summed E-state index contributed by atoms with van der Waals surface area (Å²) in [4.78, 5) is 0. The van der Waals surface area contributed by atoms with Crippen molar-refractivity contribution in [1.29, 1.82) is 0 Å². The highest BCUT2D eigenvalue weighted by Gasteiger charge is 2.09. The average molecular weight is 458 g/mol. The molecule has 0 saturated heterocycles. The number of nitrogens with one attached hydrogen (secondary N) is 1. The summed E-state index contributed by atoms with van der Waals surface area (Å²) in [5.74, 6) is 0. The molecule has 3 aromatic rings. The van der Waals surface area contributed by atoms with Crippen LogP contribution in [0.25, 0.3) is 11.1 Å². The van der Waals surface area contributed by atoms with Crippen LogP contribution in [0.2, 0.25) is 0 Å². The zero-order chi connectivity index (χ0) is 24.5. The second kappa shape index (κ2) is 11.9. The van der Waals surface area contributed by atoms with Gasteiger partial charge in [-0.25, -0.2) is 4.58 Å². The molecule has 4 rings (SSSR count). The van der Waals surface area contributed by atoms with Gasteiger partial charge in [0.1, 0.15) is 14.1 Å². The largest absolute Gasteiger partial charge is 0.316 e. The van der Waals surface area contributed by atoms with E-state index in [4.69, 9.17) is 0 Å². The van der Waals surface area contributed by atoms with Gasteiger partial charge in [0.15, 0.2) is 5.71 Å². The van der Waals surface area contributed by atoms with Gasteiger partial charge in [0, 0.05) is 18.7 Å². The minimum Gasteiger partial charge on any atom is -0.316 e. The molecule has 2 heteroatoms. The van der Waals surface area contributed by atoms with Gasteiger partial charge >= 0.3 is 0 Å². The van der Waals surface area contributed by atoms with Gasteiger partial charge in [-0.15, -0.1) is 0 Å². The molecule has 2 nitrogen and oxygen atoms in total. The number of rotatable bonds is 7. The first kappa shape index (κ1) is 24.1. The summed E-state index contributed by atoms with van der Waals surface area (Å²) in [6, 6.07) is 30.0. The van der Waals surface area contributed by atoms with Gasteiger partial charge in [-0.1, -0.05) is 103 Å². The number of nitrogens with zero attached hydrogens (tertiary/aromatic N) is 1. The third-order valence-corrected chi connectivity index (χ3v) is 6.04. The first-order valence-electron chi connectivity index (χ1n) is 12.0. The zero-order valence-corrected chi connectivity index (χ0v) is 20.8. The smallest absolute Gasteiger partial charge is 0.199 e. The number of allylic oxidation sites excluding steroid dienone is 9. The molecule has 0 unspecified atom stereocenters. The van der Waals surface area contributed by atoms with Crippen LogP contribution >= 0.6 is 0 Å². The molecule has 0 aliphatic heterocycles. The Bertz CT molecular complexity index is 1290. The highest BCUT2D eigenvalue weighted by atomic mass is 14.9. The van der Waals surface area contributed by atoms with Crippen LogP contribution in [-0.4, -0.2) is 31.4 Å². The summed E-state index contributed by atoms with van der Waals surface area (Å²) in [7, 11) is 6.11. The monoisotopic (exact) mass is 457 g/mol. The Morgan fingerprint density at radius 3 is 1.86 bits per heavy atom. The van der Waals surface area contributed by atoms with Crippen molar-refractivity contribution >= 4 is 16.9 Å². The van der Waals surface area contributed by atoms with Gasteiger partial charge < -0.3 is 5.32 Å². The number of benzene rings is 3. The summed E-state index contributed by atoms with van der Waals surface area (Å²) >= 11 is 0. The van der Waals surface area contributed by atoms with E-state index in [1.165, 1.54) is 44.7 Å². The quantitative estimate of drug-likeness (QED) is 0.309. The van der Waals surface area contributed by atoms with Crippen LogP contribution in [0.3, 0.4) is 0 Å². The standard InChI is InChI=1S/C33H33N2/c1-34-25-26-17-19-29(20-18-26)32(27-11-6-4-7-12-27)15-10-16-33(28-13-8-5-9-14-28)30-21-23-31(24-22-30)35(2)3/h4-24,34H,25H2,1-3H3/q+1. The third-order valence-electron chi connectivity index (χ3n) is 6.04. The van der Waals surface area contributed by atoms with Gasteiger partial charge in [0.2, 0.25) is 0 Å². The lowest BCUT2D eigenvalue weighted by atomic mass is 9.94. The summed E-state index contributed by atoms with van der Waals surface area (Å²) < 4.78 is 2.12. The third kappa shape index (κ3) is 6.32. The maximum absolute atomic E-state index is 3.22. The molecule has 35 heavy (non-hydrogen) atoms. The summed E-state index contributed by atoms with van der Waals surface area (Å²) in [5, 5.41) is 3.22. The summed E-state index contributed by atoms with van der Waals surface area (Å²) in [6.07, 6.45) is 15.4. The minimum absolute atomic E-state index is 0.868. The van der Waals surface area contributed by atoms with Crippen molar-refractivity contribution in [2.75, 3.05) is 21.1 Å². The second-order valence-corrected chi connectivity index (χ2v) is 8.75. The summed E-state index contributed by atoms with van der Waals surface area (Å²) in [5.41, 5.74) is 9.68. The Kier molecular flexibility index (Phi) is 8.21. The molecule has 0 fully saturated rings. The Morgan fingerprint density at radius 1 is 0.714 bits per heavy atom. The van der Waals surface area contributed by atoms with Crippen molar-refractivity contribution in [3.8, 4) is 0 Å². The van der Waals surface area contributed by atoms with E-state index in [0.717, 1.165) is 6.54 Å². The van der Waals surface area contributed by atoms with Crippen molar-refractivity contribution in [3.63, 3.8) is 0 Å². The molecule has 1 aliphatic rings. The first-order valence-corrected chi connectivity index (χ1v) is 12.0. The molecule has 0 bridgehead atoms. The van der Waals surface area contributed by atoms with Crippen LogP contribution in [0, 0.1) is 0 Å². The van der Waals surface area contributed by atoms with Crippen molar-refractivity contribution in [2.24, 2.45) is 0 Å². The maximum Gasteiger partial charge on any atom is 0.199 e. The average Bonchev–Trinajstić information content (AvgIpc) is 2.91. The molecule has 1 N–H and O–H groups in total. The van der Waals surface area contributed by atoms with Crippen LogP contribution in [0.4, 0.5) is 0 Å². The highest BCUT2D eigenvalue weighted by Crippen LogP contribution is 2.27. The molecule has 0 aromatic heterocycles. The Hall–Kier alpha value is -4.01. The van der Waals surface area contributed by atoms with Gasteiger partial charge in [0.05, 0.1) is 0 Å². The van der Waals surface area contributed by atoms with E-state index < -0.39 is 0 Å². The van der Waals surface area contributed by atoms with Crippen molar-refractivity contribution < 1.29 is 4.58 Å². The molecule has 0 spiro atoms. The highest BCUT2D eigenvalue weighted by molar-refractivity contribution is 6.03.